The number of carbonyl (C=O) groups excluding carboxylic acids is 1. The fraction of sp³-hybridized carbons (Fsp3) is 0.200. The summed E-state index contributed by atoms with van der Waals surface area (Å²) in [4.78, 5) is 16.1. The molecule has 0 aliphatic heterocycles. The van der Waals surface area contributed by atoms with E-state index in [1.165, 1.54) is 6.20 Å². The number of carbonyl (C=O) groups is 1. The van der Waals surface area contributed by atoms with E-state index in [1.807, 2.05) is 6.92 Å². The van der Waals surface area contributed by atoms with Gasteiger partial charge in [-0.3, -0.25) is 4.79 Å². The first-order chi connectivity index (χ1) is 9.95. The van der Waals surface area contributed by atoms with E-state index in [9.17, 15) is 4.79 Å². The Labute approximate surface area is 128 Å². The summed E-state index contributed by atoms with van der Waals surface area (Å²) in [6.45, 7) is 3.50. The first-order valence-electron chi connectivity index (χ1n) is 6.41. The number of nitrogens with two attached hydrogens (primary N) is 1. The summed E-state index contributed by atoms with van der Waals surface area (Å²) in [6, 6.07) is 8.59. The molecule has 2 aromatic rings. The Morgan fingerprint density at radius 2 is 2.19 bits per heavy atom. The smallest absolute Gasteiger partial charge is 0.266 e. The Kier molecular flexibility index (Phi) is 4.65. The van der Waals surface area contributed by atoms with E-state index in [1.54, 1.807) is 37.3 Å². The number of amides is 1. The normalized spacial score (nSPS) is 11.8. The molecule has 1 heterocycles. The van der Waals surface area contributed by atoms with Gasteiger partial charge in [0.05, 0.1) is 11.9 Å². The van der Waals surface area contributed by atoms with Crippen LogP contribution in [0.25, 0.3) is 0 Å². The molecule has 0 radical (unpaired) electrons. The minimum Gasteiger partial charge on any atom is -0.481 e. The lowest BCUT2D eigenvalue weighted by Crippen LogP contribution is -2.30. The number of nitrogens with one attached hydrogen (secondary N) is 1. The molecule has 1 aromatic heterocycles. The molecule has 0 aliphatic rings. The zero-order chi connectivity index (χ0) is 15.4. The van der Waals surface area contributed by atoms with E-state index >= 15 is 0 Å². The fourth-order valence-corrected chi connectivity index (χ4v) is 1.84. The second kappa shape index (κ2) is 6.45. The number of hydrogen-bond acceptors (Lipinski definition) is 4. The molecule has 0 fully saturated rings. The van der Waals surface area contributed by atoms with Crippen molar-refractivity contribution in [2.45, 2.75) is 20.0 Å². The van der Waals surface area contributed by atoms with E-state index in [0.29, 0.717) is 22.3 Å². The monoisotopic (exact) mass is 305 g/mol. The van der Waals surface area contributed by atoms with Crippen molar-refractivity contribution >= 4 is 29.0 Å². The Balaban J connectivity index is 2.00. The number of nitrogen functional groups attached to an aromatic ring is 1. The van der Waals surface area contributed by atoms with Crippen LogP contribution in [0, 0.1) is 6.92 Å². The lowest BCUT2D eigenvalue weighted by Gasteiger charge is -2.15. The maximum absolute atomic E-state index is 12.1. The Hall–Kier alpha value is -2.27. The number of pyridine rings is 1. The third-order valence-corrected chi connectivity index (χ3v) is 3.12. The Morgan fingerprint density at radius 1 is 1.43 bits per heavy atom. The third kappa shape index (κ3) is 4.10. The van der Waals surface area contributed by atoms with Crippen molar-refractivity contribution in [3.05, 3.63) is 47.1 Å². The van der Waals surface area contributed by atoms with Crippen LogP contribution in [0.3, 0.4) is 0 Å². The van der Waals surface area contributed by atoms with Gasteiger partial charge in [-0.25, -0.2) is 4.98 Å². The molecule has 1 atom stereocenters. The molecule has 3 N–H and O–H groups in total. The highest BCUT2D eigenvalue weighted by Crippen LogP contribution is 2.19. The number of aromatic nitrogens is 1. The van der Waals surface area contributed by atoms with Crippen LogP contribution < -0.4 is 15.8 Å². The van der Waals surface area contributed by atoms with Gasteiger partial charge >= 0.3 is 0 Å². The minimum absolute atomic E-state index is 0.299. The minimum atomic E-state index is -0.678. The average Bonchev–Trinajstić information content (AvgIpc) is 2.43. The number of benzene rings is 1. The maximum Gasteiger partial charge on any atom is 0.266 e. The average molecular weight is 306 g/mol. The lowest BCUT2D eigenvalue weighted by molar-refractivity contribution is -0.122. The van der Waals surface area contributed by atoms with Crippen molar-refractivity contribution in [3.63, 3.8) is 0 Å². The topological polar surface area (TPSA) is 77.2 Å². The number of nitrogens with zero attached hydrogens (tertiary/aromatic N) is 1. The molecule has 6 heteroatoms. The van der Waals surface area contributed by atoms with E-state index in [-0.39, 0.29) is 5.91 Å². The molecule has 110 valence electrons. The number of hydrogen-bond donors (Lipinski definition) is 2. The van der Waals surface area contributed by atoms with Gasteiger partial charge in [0, 0.05) is 5.02 Å². The summed E-state index contributed by atoms with van der Waals surface area (Å²) in [6.07, 6.45) is 0.830. The van der Waals surface area contributed by atoms with Crippen LogP contribution >= 0.6 is 11.6 Å². The molecule has 1 amide bonds. The first kappa shape index (κ1) is 15.1. The first-order valence-corrected chi connectivity index (χ1v) is 6.78. The lowest BCUT2D eigenvalue weighted by atomic mass is 10.2. The van der Waals surface area contributed by atoms with Gasteiger partial charge in [-0.05, 0) is 43.7 Å². The molecule has 0 saturated heterocycles. The van der Waals surface area contributed by atoms with Crippen molar-refractivity contribution in [2.75, 3.05) is 11.1 Å². The number of aryl methyl sites for hydroxylation is 1. The highest BCUT2D eigenvalue weighted by atomic mass is 35.5. The van der Waals surface area contributed by atoms with Crippen molar-refractivity contribution in [3.8, 4) is 5.75 Å². The molecular weight excluding hydrogens is 290 g/mol. The van der Waals surface area contributed by atoms with Gasteiger partial charge in [-0.1, -0.05) is 17.7 Å². The largest absolute Gasteiger partial charge is 0.481 e. The van der Waals surface area contributed by atoms with Crippen LogP contribution in [0.4, 0.5) is 11.5 Å². The molecular formula is C15H16ClN3O2. The fourth-order valence-electron chi connectivity index (χ4n) is 1.66. The molecule has 21 heavy (non-hydrogen) atoms. The van der Waals surface area contributed by atoms with E-state index in [0.717, 1.165) is 5.56 Å². The standard InChI is InChI=1S/C15H16ClN3O2/c1-9-6-14(18-8-13(9)17)19-15(20)10(2)21-12-5-3-4-11(16)7-12/h3-8,10H,17H2,1-2H3,(H,18,19,20). The SMILES string of the molecule is Cc1cc(NC(=O)C(C)Oc2cccc(Cl)c2)ncc1N. The molecule has 1 unspecified atom stereocenters. The van der Waals surface area contributed by atoms with Crippen LogP contribution in [-0.4, -0.2) is 17.0 Å². The quantitative estimate of drug-likeness (QED) is 0.910. The summed E-state index contributed by atoms with van der Waals surface area (Å²) in [5.74, 6) is 0.673. The van der Waals surface area contributed by atoms with Crippen LogP contribution in [0.15, 0.2) is 36.5 Å². The summed E-state index contributed by atoms with van der Waals surface area (Å²) in [7, 11) is 0. The van der Waals surface area contributed by atoms with Crippen LogP contribution in [0.2, 0.25) is 5.02 Å². The third-order valence-electron chi connectivity index (χ3n) is 2.88. The predicted octanol–water partition coefficient (Wildman–Crippen LogP) is 3.03. The number of rotatable bonds is 4. The summed E-state index contributed by atoms with van der Waals surface area (Å²) < 4.78 is 5.53. The van der Waals surface area contributed by atoms with Gasteiger partial charge in [0.1, 0.15) is 11.6 Å². The van der Waals surface area contributed by atoms with Crippen molar-refractivity contribution in [1.82, 2.24) is 4.98 Å². The number of anilines is 2. The molecule has 0 spiro atoms. The van der Waals surface area contributed by atoms with Crippen LogP contribution in [-0.2, 0) is 4.79 Å². The van der Waals surface area contributed by atoms with Gasteiger partial charge in [0.25, 0.3) is 5.91 Å². The van der Waals surface area contributed by atoms with Gasteiger partial charge < -0.3 is 15.8 Å². The maximum atomic E-state index is 12.1. The van der Waals surface area contributed by atoms with Crippen molar-refractivity contribution in [1.29, 1.82) is 0 Å². The summed E-state index contributed by atoms with van der Waals surface area (Å²) in [5.41, 5.74) is 7.11. The van der Waals surface area contributed by atoms with Gasteiger partial charge in [-0.15, -0.1) is 0 Å². The van der Waals surface area contributed by atoms with Gasteiger partial charge in [0.15, 0.2) is 6.10 Å². The number of halogens is 1. The van der Waals surface area contributed by atoms with Crippen LogP contribution in [0.1, 0.15) is 12.5 Å². The molecule has 0 aliphatic carbocycles. The molecule has 2 rings (SSSR count). The second-order valence-electron chi connectivity index (χ2n) is 4.63. The van der Waals surface area contributed by atoms with E-state index < -0.39 is 6.10 Å². The molecule has 0 bridgehead atoms. The predicted molar refractivity (Wildman–Crippen MR) is 83.6 cm³/mol. The Morgan fingerprint density at radius 3 is 2.86 bits per heavy atom. The van der Waals surface area contributed by atoms with Crippen molar-refractivity contribution < 1.29 is 9.53 Å². The molecule has 5 nitrogen and oxygen atoms in total. The molecule has 1 aromatic carbocycles. The van der Waals surface area contributed by atoms with Crippen LogP contribution in [0.5, 0.6) is 5.75 Å². The zero-order valence-electron chi connectivity index (χ0n) is 11.8. The Bertz CT molecular complexity index is 661. The summed E-state index contributed by atoms with van der Waals surface area (Å²) >= 11 is 5.87. The van der Waals surface area contributed by atoms with Gasteiger partial charge in [-0.2, -0.15) is 0 Å². The van der Waals surface area contributed by atoms with E-state index in [2.05, 4.69) is 10.3 Å². The van der Waals surface area contributed by atoms with E-state index in [4.69, 9.17) is 22.1 Å². The van der Waals surface area contributed by atoms with Crippen molar-refractivity contribution in [2.24, 2.45) is 0 Å². The highest BCUT2D eigenvalue weighted by Gasteiger charge is 2.15. The summed E-state index contributed by atoms with van der Waals surface area (Å²) in [5, 5.41) is 3.23. The second-order valence-corrected chi connectivity index (χ2v) is 5.07. The number of ether oxygens (including phenoxy) is 1. The van der Waals surface area contributed by atoms with Gasteiger partial charge in [0.2, 0.25) is 0 Å². The molecule has 0 saturated carbocycles. The zero-order valence-corrected chi connectivity index (χ0v) is 12.5. The highest BCUT2D eigenvalue weighted by molar-refractivity contribution is 6.30.